The zero-order valence-corrected chi connectivity index (χ0v) is 16.9. The summed E-state index contributed by atoms with van der Waals surface area (Å²) in [6, 6.07) is 25.2. The van der Waals surface area contributed by atoms with E-state index < -0.39 is 18.0 Å². The lowest BCUT2D eigenvalue weighted by Crippen LogP contribution is -2.17. The number of carbonyl (C=O) groups is 2. The van der Waals surface area contributed by atoms with Gasteiger partial charge < -0.3 is 9.47 Å². The highest BCUT2D eigenvalue weighted by Crippen LogP contribution is 2.24. The molecule has 0 N–H and O–H groups in total. The number of aliphatic imine (C=N–C) groups is 1. The number of esters is 2. The van der Waals surface area contributed by atoms with E-state index in [4.69, 9.17) is 14.5 Å². The quantitative estimate of drug-likeness (QED) is 0.428. The maximum atomic E-state index is 12.8. The van der Waals surface area contributed by atoms with Crippen molar-refractivity contribution in [2.75, 3.05) is 13.7 Å². The van der Waals surface area contributed by atoms with Crippen LogP contribution < -0.4 is 0 Å². The maximum Gasteiger partial charge on any atom is 0.337 e. The summed E-state index contributed by atoms with van der Waals surface area (Å²) < 4.78 is 10.0. The molecule has 1 atom stereocenters. The van der Waals surface area contributed by atoms with Crippen LogP contribution in [0.25, 0.3) is 0 Å². The lowest BCUT2D eigenvalue weighted by atomic mass is 10.00. The van der Waals surface area contributed by atoms with Gasteiger partial charge in [0.25, 0.3) is 0 Å². The molecule has 0 aromatic heterocycles. The van der Waals surface area contributed by atoms with Crippen LogP contribution in [0.3, 0.4) is 0 Å². The third kappa shape index (κ3) is 5.00. The third-order valence-electron chi connectivity index (χ3n) is 4.51. The zero-order valence-electron chi connectivity index (χ0n) is 16.9. The van der Waals surface area contributed by atoms with Crippen LogP contribution in [0, 0.1) is 0 Å². The average Bonchev–Trinajstić information content (AvgIpc) is 2.80. The molecule has 0 spiro atoms. The fourth-order valence-electron chi connectivity index (χ4n) is 3.04. The van der Waals surface area contributed by atoms with Crippen molar-refractivity contribution in [3.8, 4) is 0 Å². The average molecular weight is 401 g/mol. The van der Waals surface area contributed by atoms with Crippen LogP contribution in [0.4, 0.5) is 0 Å². The molecule has 0 aliphatic rings. The maximum absolute atomic E-state index is 12.8. The van der Waals surface area contributed by atoms with Crippen LogP contribution in [0.1, 0.15) is 40.0 Å². The summed E-state index contributed by atoms with van der Waals surface area (Å²) in [5, 5.41) is 0. The first kappa shape index (κ1) is 21.0. The molecule has 1 unspecified atom stereocenters. The Hall–Kier alpha value is -3.73. The summed E-state index contributed by atoms with van der Waals surface area (Å²) in [6.45, 7) is 2.01. The number of hydrogen-bond acceptors (Lipinski definition) is 5. The van der Waals surface area contributed by atoms with Crippen LogP contribution in [0.15, 0.2) is 89.9 Å². The first-order chi connectivity index (χ1) is 14.6. The minimum Gasteiger partial charge on any atom is -0.465 e. The van der Waals surface area contributed by atoms with Crippen LogP contribution in [-0.2, 0) is 14.3 Å². The van der Waals surface area contributed by atoms with E-state index in [-0.39, 0.29) is 6.61 Å². The third-order valence-corrected chi connectivity index (χ3v) is 4.51. The number of nitrogens with zero attached hydrogens (tertiary/aromatic N) is 1. The van der Waals surface area contributed by atoms with Crippen molar-refractivity contribution >= 4 is 17.7 Å². The van der Waals surface area contributed by atoms with Gasteiger partial charge in [0.1, 0.15) is 0 Å². The predicted molar refractivity (Wildman–Crippen MR) is 116 cm³/mol. The zero-order chi connectivity index (χ0) is 21.3. The van der Waals surface area contributed by atoms with Crippen LogP contribution >= 0.6 is 0 Å². The van der Waals surface area contributed by atoms with Gasteiger partial charge in [-0.25, -0.2) is 9.59 Å². The van der Waals surface area contributed by atoms with Crippen LogP contribution in [0.5, 0.6) is 0 Å². The Kier molecular flexibility index (Phi) is 7.11. The van der Waals surface area contributed by atoms with E-state index in [1.54, 1.807) is 31.2 Å². The largest absolute Gasteiger partial charge is 0.465 e. The highest BCUT2D eigenvalue weighted by atomic mass is 16.5. The Morgan fingerprint density at radius 2 is 1.33 bits per heavy atom. The fraction of sp³-hybridized carbons (Fsp3) is 0.160. The van der Waals surface area contributed by atoms with E-state index in [1.807, 2.05) is 60.7 Å². The molecule has 152 valence electrons. The molecule has 0 saturated heterocycles. The highest BCUT2D eigenvalue weighted by Gasteiger charge is 2.23. The molecule has 0 bridgehead atoms. The summed E-state index contributed by atoms with van der Waals surface area (Å²) in [7, 11) is 1.33. The first-order valence-electron chi connectivity index (χ1n) is 9.67. The molecule has 3 rings (SSSR count). The summed E-state index contributed by atoms with van der Waals surface area (Å²) >= 11 is 0. The lowest BCUT2D eigenvalue weighted by Gasteiger charge is -2.16. The first-order valence-corrected chi connectivity index (χ1v) is 9.67. The Morgan fingerprint density at radius 1 is 0.800 bits per heavy atom. The number of methoxy groups -OCH3 is 1. The second kappa shape index (κ2) is 10.2. The fourth-order valence-corrected chi connectivity index (χ4v) is 3.04. The van der Waals surface area contributed by atoms with Crippen LogP contribution in [0.2, 0.25) is 0 Å². The molecule has 3 aromatic carbocycles. The van der Waals surface area contributed by atoms with E-state index >= 15 is 0 Å². The monoisotopic (exact) mass is 401 g/mol. The highest BCUT2D eigenvalue weighted by molar-refractivity contribution is 6.13. The Bertz CT molecular complexity index is 971. The minimum absolute atomic E-state index is 0.247. The van der Waals surface area contributed by atoms with Gasteiger partial charge in [-0.05, 0) is 24.6 Å². The van der Waals surface area contributed by atoms with Gasteiger partial charge in [-0.2, -0.15) is 0 Å². The van der Waals surface area contributed by atoms with Crippen molar-refractivity contribution in [3.05, 3.63) is 107 Å². The van der Waals surface area contributed by atoms with E-state index in [0.717, 1.165) is 11.1 Å². The van der Waals surface area contributed by atoms with Gasteiger partial charge in [-0.3, -0.25) is 4.99 Å². The molecule has 3 aromatic rings. The standard InChI is InChI=1S/C25H23NO4/c1-3-30-25(28)23(20-14-16-21(17-15-20)24(27)29-2)26-22(18-10-6-4-7-11-18)19-12-8-5-9-13-19/h4-17,23H,3H2,1-2H3. The molecule has 0 saturated carbocycles. The molecule has 0 heterocycles. The molecule has 5 heteroatoms. The van der Waals surface area contributed by atoms with Crippen molar-refractivity contribution in [1.82, 2.24) is 0 Å². The number of benzene rings is 3. The Labute approximate surface area is 176 Å². The van der Waals surface area contributed by atoms with Crippen molar-refractivity contribution in [1.29, 1.82) is 0 Å². The number of hydrogen-bond donors (Lipinski definition) is 0. The molecule has 5 nitrogen and oxygen atoms in total. The lowest BCUT2D eigenvalue weighted by molar-refractivity contribution is -0.144. The number of rotatable bonds is 7. The molecule has 30 heavy (non-hydrogen) atoms. The van der Waals surface area contributed by atoms with Gasteiger partial charge in [-0.15, -0.1) is 0 Å². The topological polar surface area (TPSA) is 65.0 Å². The van der Waals surface area contributed by atoms with Gasteiger partial charge in [-0.1, -0.05) is 72.8 Å². The van der Waals surface area contributed by atoms with Gasteiger partial charge in [0.2, 0.25) is 0 Å². The van der Waals surface area contributed by atoms with E-state index in [9.17, 15) is 9.59 Å². The van der Waals surface area contributed by atoms with Crippen LogP contribution in [-0.4, -0.2) is 31.4 Å². The van der Waals surface area contributed by atoms with E-state index in [0.29, 0.717) is 16.8 Å². The summed E-state index contributed by atoms with van der Waals surface area (Å²) in [5.74, 6) is -0.889. The molecule has 0 radical (unpaired) electrons. The second-order valence-electron chi connectivity index (χ2n) is 6.48. The molecular formula is C25H23NO4. The minimum atomic E-state index is -0.868. The summed E-state index contributed by atoms with van der Waals surface area (Å²) in [6.07, 6.45) is 0. The SMILES string of the molecule is CCOC(=O)C(N=C(c1ccccc1)c1ccccc1)c1ccc(C(=O)OC)cc1. The number of carbonyl (C=O) groups excluding carboxylic acids is 2. The predicted octanol–water partition coefficient (Wildman–Crippen LogP) is 4.62. The van der Waals surface area contributed by atoms with Gasteiger partial charge in [0, 0.05) is 11.1 Å². The molecule has 0 amide bonds. The summed E-state index contributed by atoms with van der Waals surface area (Å²) in [4.78, 5) is 29.4. The normalized spacial score (nSPS) is 11.3. The van der Waals surface area contributed by atoms with E-state index in [1.165, 1.54) is 7.11 Å². The molecule has 0 aliphatic carbocycles. The van der Waals surface area contributed by atoms with Crippen molar-refractivity contribution in [2.24, 2.45) is 4.99 Å². The number of ether oxygens (including phenoxy) is 2. The van der Waals surface area contributed by atoms with Gasteiger partial charge in [0.15, 0.2) is 6.04 Å². The molecule has 0 fully saturated rings. The van der Waals surface area contributed by atoms with Gasteiger partial charge in [0.05, 0.1) is 25.0 Å². The molecule has 0 aliphatic heterocycles. The smallest absolute Gasteiger partial charge is 0.337 e. The Morgan fingerprint density at radius 3 is 1.80 bits per heavy atom. The molecular weight excluding hydrogens is 378 g/mol. The Balaban J connectivity index is 2.10. The van der Waals surface area contributed by atoms with E-state index in [2.05, 4.69) is 0 Å². The van der Waals surface area contributed by atoms with Crippen molar-refractivity contribution in [2.45, 2.75) is 13.0 Å². The van der Waals surface area contributed by atoms with Gasteiger partial charge >= 0.3 is 11.9 Å². The summed E-state index contributed by atoms with van der Waals surface area (Å²) in [5.41, 5.74) is 3.50. The van der Waals surface area contributed by atoms with Crippen molar-refractivity contribution < 1.29 is 19.1 Å². The second-order valence-corrected chi connectivity index (χ2v) is 6.48. The van der Waals surface area contributed by atoms with Crippen molar-refractivity contribution in [3.63, 3.8) is 0 Å².